The zero-order valence-electron chi connectivity index (χ0n) is 17.4. The van der Waals surface area contributed by atoms with Crippen LogP contribution in [-0.4, -0.2) is 40.4 Å². The second-order valence-corrected chi connectivity index (χ2v) is 7.35. The average molecular weight is 371 g/mol. The van der Waals surface area contributed by atoms with E-state index in [9.17, 15) is 0 Å². The Morgan fingerprint density at radius 1 is 1.07 bits per heavy atom. The third kappa shape index (κ3) is 6.08. The minimum atomic E-state index is -0.0156. The number of hydrogen-bond acceptors (Lipinski definition) is 3. The molecule has 0 aliphatic heterocycles. The average Bonchev–Trinajstić information content (AvgIpc) is 3.13. The first-order valence-corrected chi connectivity index (χ1v) is 9.98. The van der Waals surface area contributed by atoms with Gasteiger partial charge in [0.05, 0.1) is 6.54 Å². The molecule has 6 nitrogen and oxygen atoms in total. The fourth-order valence-corrected chi connectivity index (χ4v) is 2.94. The number of aryl methyl sites for hydroxylation is 2. The van der Waals surface area contributed by atoms with Crippen LogP contribution in [0.5, 0.6) is 0 Å². The van der Waals surface area contributed by atoms with Gasteiger partial charge in [-0.2, -0.15) is 0 Å². The molecule has 0 radical (unpaired) electrons. The molecular weight excluding hydrogens is 336 g/mol. The predicted octanol–water partition coefficient (Wildman–Crippen LogP) is 2.94. The van der Waals surface area contributed by atoms with Gasteiger partial charge < -0.3 is 15.2 Å². The SMILES string of the molecule is CCNC(=NCC(C)(C)c1ccc(CC)cc1)NCCn1cnnc1CC. The van der Waals surface area contributed by atoms with Gasteiger partial charge in [0, 0.05) is 31.5 Å². The van der Waals surface area contributed by atoms with Gasteiger partial charge in [-0.15, -0.1) is 10.2 Å². The lowest BCUT2D eigenvalue weighted by atomic mass is 9.84. The van der Waals surface area contributed by atoms with Crippen LogP contribution in [0.2, 0.25) is 0 Å². The fraction of sp³-hybridized carbons (Fsp3) is 0.571. The first-order valence-electron chi connectivity index (χ1n) is 9.98. The van der Waals surface area contributed by atoms with Crippen molar-refractivity contribution < 1.29 is 0 Å². The maximum Gasteiger partial charge on any atom is 0.191 e. The van der Waals surface area contributed by atoms with E-state index in [4.69, 9.17) is 4.99 Å². The van der Waals surface area contributed by atoms with Crippen LogP contribution in [0.1, 0.15) is 51.6 Å². The van der Waals surface area contributed by atoms with Crippen LogP contribution >= 0.6 is 0 Å². The summed E-state index contributed by atoms with van der Waals surface area (Å²) in [4.78, 5) is 4.82. The van der Waals surface area contributed by atoms with Crippen molar-refractivity contribution in [1.29, 1.82) is 0 Å². The quantitative estimate of drug-likeness (QED) is 0.526. The van der Waals surface area contributed by atoms with E-state index >= 15 is 0 Å². The van der Waals surface area contributed by atoms with E-state index in [1.54, 1.807) is 6.33 Å². The molecule has 148 valence electrons. The van der Waals surface area contributed by atoms with Crippen LogP contribution in [0.4, 0.5) is 0 Å². The number of nitrogens with zero attached hydrogens (tertiary/aromatic N) is 4. The Kier molecular flexibility index (Phi) is 7.82. The smallest absolute Gasteiger partial charge is 0.191 e. The summed E-state index contributed by atoms with van der Waals surface area (Å²) in [6.07, 6.45) is 3.74. The third-order valence-electron chi connectivity index (χ3n) is 4.78. The Hall–Kier alpha value is -2.37. The van der Waals surface area contributed by atoms with E-state index < -0.39 is 0 Å². The lowest BCUT2D eigenvalue weighted by Crippen LogP contribution is -2.40. The molecule has 1 aromatic carbocycles. The Balaban J connectivity index is 1.96. The van der Waals surface area contributed by atoms with Gasteiger partial charge in [0.15, 0.2) is 5.96 Å². The number of aromatic nitrogens is 3. The van der Waals surface area contributed by atoms with Crippen molar-refractivity contribution >= 4 is 5.96 Å². The Labute approximate surface area is 163 Å². The van der Waals surface area contributed by atoms with Gasteiger partial charge in [-0.05, 0) is 24.5 Å². The van der Waals surface area contributed by atoms with Gasteiger partial charge in [-0.25, -0.2) is 0 Å². The van der Waals surface area contributed by atoms with E-state index in [0.29, 0.717) is 0 Å². The molecule has 1 aromatic heterocycles. The summed E-state index contributed by atoms with van der Waals surface area (Å²) in [5, 5.41) is 14.9. The van der Waals surface area contributed by atoms with Gasteiger partial charge in [0.25, 0.3) is 0 Å². The highest BCUT2D eigenvalue weighted by Crippen LogP contribution is 2.24. The fourth-order valence-electron chi connectivity index (χ4n) is 2.94. The minimum Gasteiger partial charge on any atom is -0.357 e. The predicted molar refractivity (Wildman–Crippen MR) is 112 cm³/mol. The summed E-state index contributed by atoms with van der Waals surface area (Å²) >= 11 is 0. The van der Waals surface area contributed by atoms with Gasteiger partial charge in [0.2, 0.25) is 0 Å². The van der Waals surface area contributed by atoms with Crippen molar-refractivity contribution in [3.05, 3.63) is 47.5 Å². The molecular formula is C21H34N6. The molecule has 0 spiro atoms. The van der Waals surface area contributed by atoms with Crippen LogP contribution in [0.15, 0.2) is 35.6 Å². The van der Waals surface area contributed by atoms with Crippen molar-refractivity contribution in [1.82, 2.24) is 25.4 Å². The van der Waals surface area contributed by atoms with E-state index in [-0.39, 0.29) is 5.41 Å². The molecule has 0 amide bonds. The summed E-state index contributed by atoms with van der Waals surface area (Å²) < 4.78 is 2.08. The summed E-state index contributed by atoms with van der Waals surface area (Å²) in [6, 6.07) is 8.89. The van der Waals surface area contributed by atoms with E-state index in [0.717, 1.165) is 50.8 Å². The van der Waals surface area contributed by atoms with Crippen molar-refractivity contribution in [3.63, 3.8) is 0 Å². The van der Waals surface area contributed by atoms with E-state index in [1.165, 1.54) is 11.1 Å². The molecule has 27 heavy (non-hydrogen) atoms. The normalized spacial score (nSPS) is 12.3. The summed E-state index contributed by atoms with van der Waals surface area (Å²) in [5.74, 6) is 1.86. The number of nitrogens with one attached hydrogen (secondary N) is 2. The third-order valence-corrected chi connectivity index (χ3v) is 4.78. The minimum absolute atomic E-state index is 0.0156. The summed E-state index contributed by atoms with van der Waals surface area (Å²) in [5.41, 5.74) is 2.67. The molecule has 6 heteroatoms. The van der Waals surface area contributed by atoms with Crippen LogP contribution < -0.4 is 10.6 Å². The first kappa shape index (κ1) is 20.9. The van der Waals surface area contributed by atoms with Gasteiger partial charge in [-0.3, -0.25) is 4.99 Å². The van der Waals surface area contributed by atoms with Crippen molar-refractivity contribution in [2.24, 2.45) is 4.99 Å². The Morgan fingerprint density at radius 2 is 1.81 bits per heavy atom. The second kappa shape index (κ2) is 10.1. The van der Waals surface area contributed by atoms with Crippen LogP contribution in [0, 0.1) is 0 Å². The van der Waals surface area contributed by atoms with Crippen LogP contribution in [0.3, 0.4) is 0 Å². The molecule has 0 fully saturated rings. The number of benzene rings is 1. The number of rotatable bonds is 9. The molecule has 0 aliphatic rings. The van der Waals surface area contributed by atoms with Crippen LogP contribution in [0.25, 0.3) is 0 Å². The second-order valence-electron chi connectivity index (χ2n) is 7.35. The van der Waals surface area contributed by atoms with Gasteiger partial charge in [0.1, 0.15) is 12.2 Å². The molecule has 0 atom stereocenters. The molecule has 0 saturated carbocycles. The molecule has 0 aliphatic carbocycles. The number of guanidine groups is 1. The maximum absolute atomic E-state index is 4.82. The molecule has 0 saturated heterocycles. The highest BCUT2D eigenvalue weighted by Gasteiger charge is 2.20. The first-order chi connectivity index (χ1) is 13.0. The van der Waals surface area contributed by atoms with E-state index in [2.05, 4.69) is 84.3 Å². The lowest BCUT2D eigenvalue weighted by molar-refractivity contribution is 0.536. The molecule has 0 unspecified atom stereocenters. The number of hydrogen-bond donors (Lipinski definition) is 2. The summed E-state index contributed by atoms with van der Waals surface area (Å²) in [6.45, 7) is 14.0. The zero-order chi connectivity index (χ0) is 19.7. The Bertz CT molecular complexity index is 715. The largest absolute Gasteiger partial charge is 0.357 e. The molecule has 2 aromatic rings. The highest BCUT2D eigenvalue weighted by molar-refractivity contribution is 5.79. The molecule has 1 heterocycles. The molecule has 2 N–H and O–H groups in total. The topological polar surface area (TPSA) is 67.1 Å². The monoisotopic (exact) mass is 370 g/mol. The Morgan fingerprint density at radius 3 is 2.44 bits per heavy atom. The molecule has 0 bridgehead atoms. The zero-order valence-corrected chi connectivity index (χ0v) is 17.4. The standard InChI is InChI=1S/C21H34N6/c1-6-17-9-11-18(12-10-17)21(4,5)15-24-20(22-8-3)23-13-14-27-16-25-26-19(27)7-2/h9-12,16H,6-8,13-15H2,1-5H3,(H2,22,23,24). The van der Waals surface area contributed by atoms with Crippen molar-refractivity contribution in [2.45, 2.75) is 59.4 Å². The van der Waals surface area contributed by atoms with E-state index in [1.807, 2.05) is 0 Å². The highest BCUT2D eigenvalue weighted by atomic mass is 15.3. The van der Waals surface area contributed by atoms with Crippen LogP contribution in [-0.2, 0) is 24.8 Å². The van der Waals surface area contributed by atoms with Gasteiger partial charge in [-0.1, -0.05) is 52.0 Å². The summed E-state index contributed by atoms with van der Waals surface area (Å²) in [7, 11) is 0. The lowest BCUT2D eigenvalue weighted by Gasteiger charge is -2.24. The van der Waals surface area contributed by atoms with Crippen molar-refractivity contribution in [3.8, 4) is 0 Å². The maximum atomic E-state index is 4.82. The number of aliphatic imine (C=N–C) groups is 1. The molecule has 2 rings (SSSR count). The van der Waals surface area contributed by atoms with Crippen molar-refractivity contribution in [2.75, 3.05) is 19.6 Å². The van der Waals surface area contributed by atoms with Gasteiger partial charge >= 0.3 is 0 Å².